The van der Waals surface area contributed by atoms with E-state index in [0.29, 0.717) is 13.5 Å². The Morgan fingerprint density at radius 2 is 2.12 bits per heavy atom. The summed E-state index contributed by atoms with van der Waals surface area (Å²) in [5.41, 5.74) is 1.26. The van der Waals surface area contributed by atoms with E-state index in [9.17, 15) is 0 Å². The smallest absolute Gasteiger partial charge is 0.231 e. The van der Waals surface area contributed by atoms with Crippen LogP contribution in [0.1, 0.15) is 5.56 Å². The van der Waals surface area contributed by atoms with Crippen LogP contribution in [0.3, 0.4) is 0 Å². The quantitative estimate of drug-likeness (QED) is 0.708. The predicted octanol–water partition coefficient (Wildman–Crippen LogP) is 1.49. The Hall–Kier alpha value is -1.26. The van der Waals surface area contributed by atoms with Gasteiger partial charge in [-0.2, -0.15) is 0 Å². The molecular formula is C12H17NO3. The van der Waals surface area contributed by atoms with E-state index in [1.54, 1.807) is 7.11 Å². The predicted molar refractivity (Wildman–Crippen MR) is 60.8 cm³/mol. The molecule has 88 valence electrons. The van der Waals surface area contributed by atoms with Gasteiger partial charge in [0.15, 0.2) is 11.5 Å². The molecule has 0 N–H and O–H groups in total. The lowest BCUT2D eigenvalue weighted by Crippen LogP contribution is -2.23. The Bertz CT molecular complexity index is 354. The zero-order valence-corrected chi connectivity index (χ0v) is 9.73. The number of hydrogen-bond donors (Lipinski definition) is 0. The van der Waals surface area contributed by atoms with Gasteiger partial charge in [0.25, 0.3) is 0 Å². The SMILES string of the molecule is COCN(C)CCc1ccc2c(c1)OCO2. The Balaban J connectivity index is 1.90. The number of benzene rings is 1. The average molecular weight is 223 g/mol. The van der Waals surface area contributed by atoms with Crippen molar-refractivity contribution in [1.82, 2.24) is 4.90 Å². The first kappa shape index (κ1) is 11.2. The molecule has 1 aliphatic heterocycles. The number of ether oxygens (including phenoxy) is 3. The molecule has 0 aliphatic carbocycles. The molecule has 2 rings (SSSR count). The van der Waals surface area contributed by atoms with E-state index in [1.165, 1.54) is 5.56 Å². The number of fused-ring (bicyclic) bond motifs is 1. The van der Waals surface area contributed by atoms with E-state index in [-0.39, 0.29) is 0 Å². The summed E-state index contributed by atoms with van der Waals surface area (Å²) in [7, 11) is 3.74. The molecule has 1 heterocycles. The minimum absolute atomic E-state index is 0.336. The van der Waals surface area contributed by atoms with Gasteiger partial charge in [-0.15, -0.1) is 0 Å². The van der Waals surface area contributed by atoms with Gasteiger partial charge in [0, 0.05) is 13.7 Å². The van der Waals surface area contributed by atoms with E-state index >= 15 is 0 Å². The molecule has 0 radical (unpaired) electrons. The number of hydrogen-bond acceptors (Lipinski definition) is 4. The molecule has 0 saturated carbocycles. The maximum atomic E-state index is 5.33. The minimum atomic E-state index is 0.336. The molecular weight excluding hydrogens is 206 g/mol. The number of nitrogens with zero attached hydrogens (tertiary/aromatic N) is 1. The third-order valence-corrected chi connectivity index (χ3v) is 2.57. The van der Waals surface area contributed by atoms with Crippen LogP contribution in [-0.4, -0.2) is 39.1 Å². The third-order valence-electron chi connectivity index (χ3n) is 2.57. The first-order valence-corrected chi connectivity index (χ1v) is 5.35. The van der Waals surface area contributed by atoms with Crippen LogP contribution in [-0.2, 0) is 11.2 Å². The van der Waals surface area contributed by atoms with Gasteiger partial charge in [0.2, 0.25) is 6.79 Å². The molecule has 16 heavy (non-hydrogen) atoms. The van der Waals surface area contributed by atoms with Gasteiger partial charge in [-0.05, 0) is 31.2 Å². The third kappa shape index (κ3) is 2.65. The Kier molecular flexibility index (Phi) is 3.64. The maximum Gasteiger partial charge on any atom is 0.231 e. The van der Waals surface area contributed by atoms with E-state index in [1.807, 2.05) is 19.2 Å². The number of rotatable bonds is 5. The van der Waals surface area contributed by atoms with Crippen molar-refractivity contribution in [3.05, 3.63) is 23.8 Å². The average Bonchev–Trinajstić information content (AvgIpc) is 2.74. The van der Waals surface area contributed by atoms with Crippen molar-refractivity contribution in [2.45, 2.75) is 6.42 Å². The van der Waals surface area contributed by atoms with Crippen LogP contribution in [0.4, 0.5) is 0 Å². The normalized spacial score (nSPS) is 13.4. The summed E-state index contributed by atoms with van der Waals surface area (Å²) in [4.78, 5) is 2.13. The lowest BCUT2D eigenvalue weighted by atomic mass is 10.1. The molecule has 4 nitrogen and oxygen atoms in total. The Labute approximate surface area is 95.7 Å². The van der Waals surface area contributed by atoms with Crippen LogP contribution in [0.15, 0.2) is 18.2 Å². The van der Waals surface area contributed by atoms with Crippen LogP contribution >= 0.6 is 0 Å². The van der Waals surface area contributed by atoms with E-state index < -0.39 is 0 Å². The van der Waals surface area contributed by atoms with Crippen molar-refractivity contribution in [3.63, 3.8) is 0 Å². The maximum absolute atomic E-state index is 5.33. The zero-order valence-electron chi connectivity index (χ0n) is 9.73. The van der Waals surface area contributed by atoms with E-state index in [4.69, 9.17) is 14.2 Å². The minimum Gasteiger partial charge on any atom is -0.454 e. The fourth-order valence-electron chi connectivity index (χ4n) is 1.70. The summed E-state index contributed by atoms with van der Waals surface area (Å²) < 4.78 is 15.6. The summed E-state index contributed by atoms with van der Waals surface area (Å²) in [6.45, 7) is 1.96. The van der Waals surface area contributed by atoms with Gasteiger partial charge in [0.1, 0.15) is 0 Å². The van der Waals surface area contributed by atoms with Gasteiger partial charge in [-0.1, -0.05) is 6.07 Å². The van der Waals surface area contributed by atoms with Gasteiger partial charge < -0.3 is 14.2 Å². The monoisotopic (exact) mass is 223 g/mol. The second-order valence-corrected chi connectivity index (χ2v) is 3.94. The van der Waals surface area contributed by atoms with Crippen LogP contribution in [0.2, 0.25) is 0 Å². The summed E-state index contributed by atoms with van der Waals surface area (Å²) in [6.07, 6.45) is 0.983. The molecule has 0 saturated heterocycles. The molecule has 0 aromatic heterocycles. The summed E-state index contributed by atoms with van der Waals surface area (Å²) in [5.74, 6) is 1.70. The highest BCUT2D eigenvalue weighted by Crippen LogP contribution is 2.32. The number of likely N-dealkylation sites (N-methyl/N-ethyl adjacent to an activating group) is 1. The lowest BCUT2D eigenvalue weighted by molar-refractivity contribution is 0.0827. The van der Waals surface area contributed by atoms with E-state index in [2.05, 4.69) is 11.0 Å². The standard InChI is InChI=1S/C12H17NO3/c1-13(8-14-2)6-5-10-3-4-11-12(7-10)16-9-15-11/h3-4,7H,5-6,8-9H2,1-2H3. The highest BCUT2D eigenvalue weighted by atomic mass is 16.7. The summed E-state index contributed by atoms with van der Waals surface area (Å²) >= 11 is 0. The second-order valence-electron chi connectivity index (χ2n) is 3.94. The van der Waals surface area contributed by atoms with Gasteiger partial charge in [0.05, 0.1) is 6.73 Å². The topological polar surface area (TPSA) is 30.9 Å². The molecule has 0 bridgehead atoms. The molecule has 0 atom stereocenters. The van der Waals surface area contributed by atoms with Crippen molar-refractivity contribution in [1.29, 1.82) is 0 Å². The molecule has 1 aromatic carbocycles. The molecule has 4 heteroatoms. The van der Waals surface area contributed by atoms with Crippen molar-refractivity contribution in [3.8, 4) is 11.5 Å². The fourth-order valence-corrected chi connectivity index (χ4v) is 1.70. The van der Waals surface area contributed by atoms with Gasteiger partial charge in [-0.25, -0.2) is 0 Å². The highest BCUT2D eigenvalue weighted by molar-refractivity contribution is 5.44. The Morgan fingerprint density at radius 1 is 1.31 bits per heavy atom. The first-order chi connectivity index (χ1) is 7.79. The largest absolute Gasteiger partial charge is 0.454 e. The Morgan fingerprint density at radius 3 is 2.94 bits per heavy atom. The molecule has 1 aliphatic rings. The fraction of sp³-hybridized carbons (Fsp3) is 0.500. The van der Waals surface area contributed by atoms with Crippen LogP contribution in [0, 0.1) is 0 Å². The highest BCUT2D eigenvalue weighted by Gasteiger charge is 2.13. The number of methoxy groups -OCH3 is 1. The van der Waals surface area contributed by atoms with Crippen molar-refractivity contribution in [2.75, 3.05) is 34.2 Å². The first-order valence-electron chi connectivity index (χ1n) is 5.35. The second kappa shape index (κ2) is 5.18. The molecule has 0 fully saturated rings. The molecule has 0 spiro atoms. The van der Waals surface area contributed by atoms with Gasteiger partial charge in [-0.3, -0.25) is 4.90 Å². The lowest BCUT2D eigenvalue weighted by Gasteiger charge is -2.14. The van der Waals surface area contributed by atoms with Crippen molar-refractivity contribution >= 4 is 0 Å². The van der Waals surface area contributed by atoms with Crippen LogP contribution in [0.25, 0.3) is 0 Å². The van der Waals surface area contributed by atoms with Gasteiger partial charge >= 0.3 is 0 Å². The van der Waals surface area contributed by atoms with Crippen molar-refractivity contribution in [2.24, 2.45) is 0 Å². The molecule has 0 amide bonds. The molecule has 1 aromatic rings. The zero-order chi connectivity index (χ0) is 11.4. The van der Waals surface area contributed by atoms with Crippen molar-refractivity contribution < 1.29 is 14.2 Å². The van der Waals surface area contributed by atoms with Crippen LogP contribution in [0.5, 0.6) is 11.5 Å². The summed E-state index contributed by atoms with van der Waals surface area (Å²) in [5, 5.41) is 0. The molecule has 0 unspecified atom stereocenters. The van der Waals surface area contributed by atoms with E-state index in [0.717, 1.165) is 24.5 Å². The van der Waals surface area contributed by atoms with Crippen LogP contribution < -0.4 is 9.47 Å². The summed E-state index contributed by atoms with van der Waals surface area (Å²) in [6, 6.07) is 6.09.